The van der Waals surface area contributed by atoms with E-state index < -0.39 is 6.04 Å². The van der Waals surface area contributed by atoms with Crippen molar-refractivity contribution < 1.29 is 14.3 Å². The van der Waals surface area contributed by atoms with Gasteiger partial charge in [0.05, 0.1) is 12.6 Å². The van der Waals surface area contributed by atoms with E-state index >= 15 is 0 Å². The average molecular weight is 434 g/mol. The third-order valence-electron chi connectivity index (χ3n) is 6.57. The number of aromatic nitrogens is 1. The van der Waals surface area contributed by atoms with Crippen LogP contribution in [0.2, 0.25) is 0 Å². The molecular weight excluding hydrogens is 402 g/mol. The molecule has 6 heteroatoms. The van der Waals surface area contributed by atoms with Crippen LogP contribution in [0.15, 0.2) is 48.5 Å². The van der Waals surface area contributed by atoms with Crippen LogP contribution in [0.5, 0.6) is 0 Å². The molecule has 2 N–H and O–H groups in total. The summed E-state index contributed by atoms with van der Waals surface area (Å²) in [7, 11) is 1.61. The molecule has 0 fully saturated rings. The number of carbonyl (C=O) groups is 2. The normalized spacial score (nSPS) is 17.4. The first-order chi connectivity index (χ1) is 15.5. The summed E-state index contributed by atoms with van der Waals surface area (Å²) >= 11 is 0. The number of carbonyl (C=O) groups excluding carboxylic acids is 2. The first-order valence-electron chi connectivity index (χ1n) is 11.2. The molecule has 2 heterocycles. The third kappa shape index (κ3) is 3.69. The summed E-state index contributed by atoms with van der Waals surface area (Å²) in [5.41, 5.74) is 4.70. The number of amides is 2. The zero-order valence-corrected chi connectivity index (χ0v) is 19.1. The Balaban J connectivity index is 1.87. The predicted molar refractivity (Wildman–Crippen MR) is 126 cm³/mol. The summed E-state index contributed by atoms with van der Waals surface area (Å²) in [6, 6.07) is 14.9. The van der Waals surface area contributed by atoms with Gasteiger partial charge in [0.2, 0.25) is 5.91 Å². The monoisotopic (exact) mass is 433 g/mol. The molecule has 0 saturated carbocycles. The quantitative estimate of drug-likeness (QED) is 0.523. The minimum absolute atomic E-state index is 0.0104. The third-order valence-corrected chi connectivity index (χ3v) is 6.57. The molecule has 168 valence electrons. The molecule has 1 aliphatic rings. The molecule has 3 atom stereocenters. The number of nitrogens with zero attached hydrogens (tertiary/aromatic N) is 1. The van der Waals surface area contributed by atoms with Crippen molar-refractivity contribution >= 4 is 22.7 Å². The molecule has 0 bridgehead atoms. The number of fused-ring (bicyclic) bond motifs is 2. The van der Waals surface area contributed by atoms with Crippen molar-refractivity contribution in [3.05, 3.63) is 70.9 Å². The predicted octanol–water partition coefficient (Wildman–Crippen LogP) is 4.20. The molecule has 0 saturated heterocycles. The van der Waals surface area contributed by atoms with Crippen LogP contribution in [0.1, 0.15) is 53.5 Å². The molecule has 0 aliphatic carbocycles. The van der Waals surface area contributed by atoms with Crippen molar-refractivity contribution in [3.8, 4) is 0 Å². The highest BCUT2D eigenvalue weighted by molar-refractivity contribution is 6.03. The maximum absolute atomic E-state index is 13.8. The van der Waals surface area contributed by atoms with Gasteiger partial charge in [0.15, 0.2) is 0 Å². The number of aromatic amines is 1. The molecule has 32 heavy (non-hydrogen) atoms. The molecule has 1 aliphatic heterocycles. The first-order valence-corrected chi connectivity index (χ1v) is 11.2. The number of para-hydroxylation sites is 1. The molecular formula is C26H31N3O3. The van der Waals surface area contributed by atoms with E-state index in [1.165, 1.54) is 0 Å². The number of H-pyrrole nitrogens is 1. The molecule has 2 aromatic carbocycles. The zero-order valence-electron chi connectivity index (χ0n) is 19.1. The van der Waals surface area contributed by atoms with Crippen molar-refractivity contribution in [1.29, 1.82) is 0 Å². The van der Waals surface area contributed by atoms with Crippen LogP contribution in [0, 0.1) is 12.8 Å². The lowest BCUT2D eigenvalue weighted by molar-refractivity contribution is -0.128. The molecule has 1 aromatic heterocycles. The second-order valence-corrected chi connectivity index (χ2v) is 8.53. The Morgan fingerprint density at radius 3 is 2.66 bits per heavy atom. The summed E-state index contributed by atoms with van der Waals surface area (Å²) in [6.45, 7) is 6.97. The van der Waals surface area contributed by atoms with Crippen LogP contribution < -0.4 is 5.32 Å². The van der Waals surface area contributed by atoms with Gasteiger partial charge in [-0.25, -0.2) is 0 Å². The molecule has 6 nitrogen and oxygen atoms in total. The molecule has 0 spiro atoms. The maximum Gasteiger partial charge on any atom is 0.255 e. The smallest absolute Gasteiger partial charge is 0.255 e. The van der Waals surface area contributed by atoms with Crippen molar-refractivity contribution in [2.75, 3.05) is 20.3 Å². The van der Waals surface area contributed by atoms with Crippen LogP contribution in [-0.2, 0) is 9.53 Å². The fourth-order valence-electron chi connectivity index (χ4n) is 4.83. The van der Waals surface area contributed by atoms with Gasteiger partial charge in [-0.05, 0) is 30.5 Å². The topological polar surface area (TPSA) is 74.4 Å². The van der Waals surface area contributed by atoms with E-state index in [0.29, 0.717) is 18.7 Å². The van der Waals surface area contributed by atoms with Crippen molar-refractivity contribution in [1.82, 2.24) is 15.2 Å². The second kappa shape index (κ2) is 9.17. The lowest BCUT2D eigenvalue weighted by Gasteiger charge is -2.36. The second-order valence-electron chi connectivity index (χ2n) is 8.53. The van der Waals surface area contributed by atoms with Crippen molar-refractivity contribution in [2.24, 2.45) is 5.92 Å². The van der Waals surface area contributed by atoms with Crippen LogP contribution >= 0.6 is 0 Å². The summed E-state index contributed by atoms with van der Waals surface area (Å²) in [6.07, 6.45) is 0.780. The molecule has 2 amide bonds. The number of benzene rings is 2. The Bertz CT molecular complexity index is 1140. The summed E-state index contributed by atoms with van der Waals surface area (Å²) in [4.78, 5) is 32.4. The summed E-state index contributed by atoms with van der Waals surface area (Å²) in [5, 5.41) is 4.05. The number of methoxy groups -OCH3 is 1. The highest BCUT2D eigenvalue weighted by atomic mass is 16.5. The zero-order chi connectivity index (χ0) is 22.8. The highest BCUT2D eigenvalue weighted by Crippen LogP contribution is 2.44. The fraction of sp³-hybridized carbons (Fsp3) is 0.385. The standard InChI is InChI=1S/C26H31N3O3/c1-5-16(2)23(25(30)27-14-15-32-4)29-24(18-10-6-7-11-19(18)26(29)31)22-17(3)28-21-13-9-8-12-20(21)22/h6-13,16,23-24,28H,5,14-15H2,1-4H3,(H,27,30). The van der Waals surface area contributed by atoms with Gasteiger partial charge in [0, 0.05) is 41.4 Å². The van der Waals surface area contributed by atoms with Crippen LogP contribution in [0.4, 0.5) is 0 Å². The van der Waals surface area contributed by atoms with Crippen LogP contribution in [0.25, 0.3) is 10.9 Å². The van der Waals surface area contributed by atoms with Gasteiger partial charge in [0.1, 0.15) is 6.04 Å². The average Bonchev–Trinajstić information content (AvgIpc) is 3.27. The Kier molecular flexibility index (Phi) is 6.33. The van der Waals surface area contributed by atoms with E-state index in [1.807, 2.05) is 61.2 Å². The van der Waals surface area contributed by atoms with E-state index in [-0.39, 0.29) is 23.8 Å². The number of hydrogen-bond acceptors (Lipinski definition) is 3. The van der Waals surface area contributed by atoms with Crippen LogP contribution in [0.3, 0.4) is 0 Å². The minimum Gasteiger partial charge on any atom is -0.383 e. The van der Waals surface area contributed by atoms with E-state index in [1.54, 1.807) is 7.11 Å². The molecule has 3 aromatic rings. The van der Waals surface area contributed by atoms with Gasteiger partial charge in [-0.1, -0.05) is 56.7 Å². The minimum atomic E-state index is -0.588. The first kappa shape index (κ1) is 22.1. The van der Waals surface area contributed by atoms with Gasteiger partial charge in [-0.2, -0.15) is 0 Å². The lowest BCUT2D eigenvalue weighted by Crippen LogP contribution is -2.52. The lowest BCUT2D eigenvalue weighted by atomic mass is 9.91. The Morgan fingerprint density at radius 1 is 1.19 bits per heavy atom. The number of ether oxygens (including phenoxy) is 1. The SMILES string of the molecule is CCC(C)C(C(=O)NCCOC)N1C(=O)c2ccccc2C1c1c(C)[nH]c2ccccc12. The van der Waals surface area contributed by atoms with Gasteiger partial charge < -0.3 is 19.9 Å². The van der Waals surface area contributed by atoms with Gasteiger partial charge in [-0.15, -0.1) is 0 Å². The van der Waals surface area contributed by atoms with E-state index in [4.69, 9.17) is 4.74 Å². The van der Waals surface area contributed by atoms with Gasteiger partial charge in [-0.3, -0.25) is 9.59 Å². The highest BCUT2D eigenvalue weighted by Gasteiger charge is 2.46. The van der Waals surface area contributed by atoms with Crippen molar-refractivity contribution in [2.45, 2.75) is 39.3 Å². The van der Waals surface area contributed by atoms with Crippen LogP contribution in [-0.4, -0.2) is 48.0 Å². The molecule has 3 unspecified atom stereocenters. The summed E-state index contributed by atoms with van der Waals surface area (Å²) < 4.78 is 5.10. The Labute approximate surface area is 188 Å². The van der Waals surface area contributed by atoms with Gasteiger partial charge in [0.25, 0.3) is 5.91 Å². The number of nitrogens with one attached hydrogen (secondary N) is 2. The van der Waals surface area contributed by atoms with E-state index in [9.17, 15) is 9.59 Å². The van der Waals surface area contributed by atoms with Crippen molar-refractivity contribution in [3.63, 3.8) is 0 Å². The number of rotatable bonds is 8. The number of hydrogen-bond donors (Lipinski definition) is 2. The Hall–Kier alpha value is -3.12. The Morgan fingerprint density at radius 2 is 1.91 bits per heavy atom. The summed E-state index contributed by atoms with van der Waals surface area (Å²) in [5.74, 6) is -0.244. The van der Waals surface area contributed by atoms with Gasteiger partial charge >= 0.3 is 0 Å². The number of aryl methyl sites for hydroxylation is 1. The maximum atomic E-state index is 13.8. The van der Waals surface area contributed by atoms with E-state index in [0.717, 1.165) is 34.1 Å². The van der Waals surface area contributed by atoms with E-state index in [2.05, 4.69) is 23.3 Å². The fourth-order valence-corrected chi connectivity index (χ4v) is 4.83. The molecule has 4 rings (SSSR count). The largest absolute Gasteiger partial charge is 0.383 e. The molecule has 0 radical (unpaired) electrons.